The van der Waals surface area contributed by atoms with Crippen molar-refractivity contribution in [1.82, 2.24) is 0 Å². The number of hydrogen-bond donors (Lipinski definition) is 2. The summed E-state index contributed by atoms with van der Waals surface area (Å²) in [5, 5.41) is 9.03. The SMILES string of the molecule is CC1CCN(c2cccc(C(=O)O)c2N)CC1. The van der Waals surface area contributed by atoms with E-state index in [0.29, 0.717) is 5.69 Å². The van der Waals surface area contributed by atoms with Gasteiger partial charge in [-0.2, -0.15) is 0 Å². The number of carboxylic acid groups (broad SMARTS) is 1. The average molecular weight is 234 g/mol. The first-order valence-electron chi connectivity index (χ1n) is 5.96. The second-order valence-electron chi connectivity index (χ2n) is 4.71. The molecule has 0 atom stereocenters. The molecule has 4 nitrogen and oxygen atoms in total. The Balaban J connectivity index is 2.27. The van der Waals surface area contributed by atoms with Crippen molar-refractivity contribution in [3.05, 3.63) is 23.8 Å². The number of piperidine rings is 1. The van der Waals surface area contributed by atoms with Crippen molar-refractivity contribution < 1.29 is 9.90 Å². The molecule has 1 heterocycles. The van der Waals surface area contributed by atoms with Crippen molar-refractivity contribution in [2.45, 2.75) is 19.8 Å². The fourth-order valence-corrected chi connectivity index (χ4v) is 2.26. The standard InChI is InChI=1S/C13H18N2O2/c1-9-5-7-15(8-6-9)11-4-2-3-10(12(11)14)13(16)17/h2-4,9H,5-8,14H2,1H3,(H,16,17). The second kappa shape index (κ2) is 4.65. The fraction of sp³-hybridized carbons (Fsp3) is 0.462. The third kappa shape index (κ3) is 2.35. The average Bonchev–Trinajstić information content (AvgIpc) is 2.30. The van der Waals surface area contributed by atoms with Crippen molar-refractivity contribution >= 4 is 17.3 Å². The van der Waals surface area contributed by atoms with E-state index in [1.807, 2.05) is 6.07 Å². The van der Waals surface area contributed by atoms with Crippen LogP contribution in [-0.2, 0) is 0 Å². The Kier molecular flexibility index (Phi) is 3.22. The quantitative estimate of drug-likeness (QED) is 0.770. The molecule has 0 aliphatic carbocycles. The molecule has 0 amide bonds. The van der Waals surface area contributed by atoms with E-state index < -0.39 is 5.97 Å². The molecule has 1 aromatic rings. The summed E-state index contributed by atoms with van der Waals surface area (Å²) in [7, 11) is 0. The van der Waals surface area contributed by atoms with E-state index >= 15 is 0 Å². The smallest absolute Gasteiger partial charge is 0.337 e. The Morgan fingerprint density at radius 3 is 2.65 bits per heavy atom. The Bertz CT molecular complexity index is 423. The maximum absolute atomic E-state index is 11.0. The van der Waals surface area contributed by atoms with E-state index in [0.717, 1.165) is 37.5 Å². The van der Waals surface area contributed by atoms with Gasteiger partial charge >= 0.3 is 5.97 Å². The molecule has 92 valence electrons. The van der Waals surface area contributed by atoms with Gasteiger partial charge in [-0.3, -0.25) is 0 Å². The number of rotatable bonds is 2. The number of carbonyl (C=O) groups is 1. The van der Waals surface area contributed by atoms with Crippen LogP contribution in [0.3, 0.4) is 0 Å². The van der Waals surface area contributed by atoms with Gasteiger partial charge in [0.15, 0.2) is 0 Å². The minimum atomic E-state index is -0.963. The summed E-state index contributed by atoms with van der Waals surface area (Å²) < 4.78 is 0. The minimum absolute atomic E-state index is 0.195. The molecule has 0 aromatic heterocycles. The van der Waals surface area contributed by atoms with Gasteiger partial charge in [-0.15, -0.1) is 0 Å². The van der Waals surface area contributed by atoms with Gasteiger partial charge < -0.3 is 15.7 Å². The first-order valence-corrected chi connectivity index (χ1v) is 5.96. The molecule has 0 bridgehead atoms. The molecule has 1 saturated heterocycles. The largest absolute Gasteiger partial charge is 0.478 e. The number of nitrogen functional groups attached to an aromatic ring is 1. The number of anilines is 2. The number of benzene rings is 1. The summed E-state index contributed by atoms with van der Waals surface area (Å²) in [6, 6.07) is 5.21. The molecule has 0 spiro atoms. The normalized spacial score (nSPS) is 17.1. The van der Waals surface area contributed by atoms with Crippen LogP contribution in [0.25, 0.3) is 0 Å². The molecule has 0 radical (unpaired) electrons. The van der Waals surface area contributed by atoms with E-state index in [1.165, 1.54) is 0 Å². The van der Waals surface area contributed by atoms with Gasteiger partial charge in [0.2, 0.25) is 0 Å². The summed E-state index contributed by atoms with van der Waals surface area (Å²) in [4.78, 5) is 13.2. The van der Waals surface area contributed by atoms with Crippen molar-refractivity contribution in [3.8, 4) is 0 Å². The van der Waals surface area contributed by atoms with E-state index in [9.17, 15) is 4.79 Å². The van der Waals surface area contributed by atoms with Gasteiger partial charge in [-0.25, -0.2) is 4.79 Å². The van der Waals surface area contributed by atoms with Crippen LogP contribution in [0.4, 0.5) is 11.4 Å². The topological polar surface area (TPSA) is 66.6 Å². The van der Waals surface area contributed by atoms with Gasteiger partial charge in [0.25, 0.3) is 0 Å². The lowest BCUT2D eigenvalue weighted by molar-refractivity contribution is 0.0698. The Labute approximate surface area is 101 Å². The third-order valence-corrected chi connectivity index (χ3v) is 3.44. The molecular formula is C13H18N2O2. The number of nitrogens with zero attached hydrogens (tertiary/aromatic N) is 1. The summed E-state index contributed by atoms with van der Waals surface area (Å²) in [5.74, 6) is -0.218. The Morgan fingerprint density at radius 2 is 2.06 bits per heavy atom. The molecule has 0 saturated carbocycles. The zero-order chi connectivity index (χ0) is 12.4. The molecule has 1 fully saturated rings. The maximum atomic E-state index is 11.0. The zero-order valence-electron chi connectivity index (χ0n) is 10.0. The second-order valence-corrected chi connectivity index (χ2v) is 4.71. The molecule has 1 aliphatic rings. The Hall–Kier alpha value is -1.71. The summed E-state index contributed by atoms with van der Waals surface area (Å²) in [6.45, 7) is 4.15. The highest BCUT2D eigenvalue weighted by molar-refractivity contribution is 5.97. The van der Waals surface area contributed by atoms with Crippen molar-refractivity contribution in [2.75, 3.05) is 23.7 Å². The lowest BCUT2D eigenvalue weighted by Gasteiger charge is -2.33. The predicted molar refractivity (Wildman–Crippen MR) is 68.4 cm³/mol. The molecule has 0 unspecified atom stereocenters. The number of carboxylic acids is 1. The van der Waals surface area contributed by atoms with Crippen LogP contribution >= 0.6 is 0 Å². The van der Waals surface area contributed by atoms with E-state index in [4.69, 9.17) is 10.8 Å². The van der Waals surface area contributed by atoms with Crippen LogP contribution in [0.15, 0.2) is 18.2 Å². The van der Waals surface area contributed by atoms with E-state index in [2.05, 4.69) is 11.8 Å². The van der Waals surface area contributed by atoms with E-state index in [1.54, 1.807) is 12.1 Å². The molecule has 3 N–H and O–H groups in total. The predicted octanol–water partition coefficient (Wildman–Crippen LogP) is 2.20. The first-order chi connectivity index (χ1) is 8.09. The summed E-state index contributed by atoms with van der Waals surface area (Å²) in [5.41, 5.74) is 7.36. The molecule has 2 rings (SSSR count). The zero-order valence-corrected chi connectivity index (χ0v) is 10.0. The van der Waals surface area contributed by atoms with Gasteiger partial charge in [0.1, 0.15) is 0 Å². The lowest BCUT2D eigenvalue weighted by Crippen LogP contribution is -2.33. The molecule has 17 heavy (non-hydrogen) atoms. The van der Waals surface area contributed by atoms with Crippen LogP contribution in [0, 0.1) is 5.92 Å². The third-order valence-electron chi connectivity index (χ3n) is 3.44. The van der Waals surface area contributed by atoms with Crippen molar-refractivity contribution in [1.29, 1.82) is 0 Å². The number of nitrogens with two attached hydrogens (primary N) is 1. The monoisotopic (exact) mass is 234 g/mol. The minimum Gasteiger partial charge on any atom is -0.478 e. The summed E-state index contributed by atoms with van der Waals surface area (Å²) >= 11 is 0. The highest BCUT2D eigenvalue weighted by Crippen LogP contribution is 2.30. The molecule has 1 aliphatic heterocycles. The number of para-hydroxylation sites is 1. The molecule has 4 heteroatoms. The highest BCUT2D eigenvalue weighted by Gasteiger charge is 2.20. The first kappa shape index (κ1) is 11.8. The molecular weight excluding hydrogens is 216 g/mol. The van der Waals surface area contributed by atoms with Crippen LogP contribution in [0.1, 0.15) is 30.1 Å². The van der Waals surface area contributed by atoms with Gasteiger partial charge in [0.05, 0.1) is 16.9 Å². The Morgan fingerprint density at radius 1 is 1.41 bits per heavy atom. The van der Waals surface area contributed by atoms with Gasteiger partial charge in [-0.1, -0.05) is 13.0 Å². The van der Waals surface area contributed by atoms with E-state index in [-0.39, 0.29) is 5.56 Å². The maximum Gasteiger partial charge on any atom is 0.337 e. The lowest BCUT2D eigenvalue weighted by atomic mass is 9.98. The fourth-order valence-electron chi connectivity index (χ4n) is 2.26. The highest BCUT2D eigenvalue weighted by atomic mass is 16.4. The number of hydrogen-bond acceptors (Lipinski definition) is 3. The van der Waals surface area contributed by atoms with Crippen LogP contribution in [0.5, 0.6) is 0 Å². The van der Waals surface area contributed by atoms with Crippen molar-refractivity contribution in [2.24, 2.45) is 5.92 Å². The number of aromatic carboxylic acids is 1. The summed E-state index contributed by atoms with van der Waals surface area (Å²) in [6.07, 6.45) is 2.27. The molecule has 1 aromatic carbocycles. The van der Waals surface area contributed by atoms with Crippen molar-refractivity contribution in [3.63, 3.8) is 0 Å². The van der Waals surface area contributed by atoms with Crippen LogP contribution in [0.2, 0.25) is 0 Å². The van der Waals surface area contributed by atoms with Crippen LogP contribution < -0.4 is 10.6 Å². The van der Waals surface area contributed by atoms with Gasteiger partial charge in [0, 0.05) is 13.1 Å². The van der Waals surface area contributed by atoms with Gasteiger partial charge in [-0.05, 0) is 30.9 Å². The van der Waals surface area contributed by atoms with Crippen LogP contribution in [-0.4, -0.2) is 24.2 Å².